The maximum atomic E-state index is 12.6. The monoisotopic (exact) mass is 305 g/mol. The first-order chi connectivity index (χ1) is 9.72. The second-order valence-corrected chi connectivity index (χ2v) is 5.65. The van der Waals surface area contributed by atoms with Crippen molar-refractivity contribution in [2.45, 2.75) is 6.54 Å². The fourth-order valence-electron chi connectivity index (χ4n) is 2.15. The van der Waals surface area contributed by atoms with Crippen molar-refractivity contribution >= 4 is 34.0 Å². The summed E-state index contributed by atoms with van der Waals surface area (Å²) < 4.78 is 1.64. The topological polar surface area (TPSA) is 60.9 Å². The van der Waals surface area contributed by atoms with Crippen molar-refractivity contribution in [1.29, 1.82) is 0 Å². The van der Waals surface area contributed by atoms with E-state index in [0.717, 1.165) is 4.88 Å². The van der Waals surface area contributed by atoms with Crippen LogP contribution in [0.5, 0.6) is 0 Å². The summed E-state index contributed by atoms with van der Waals surface area (Å²) in [7, 11) is 0. The van der Waals surface area contributed by atoms with Crippen LogP contribution in [-0.2, 0) is 6.54 Å². The molecule has 0 fully saturated rings. The molecule has 0 bridgehead atoms. The summed E-state index contributed by atoms with van der Waals surface area (Å²) in [6.45, 7) is 0.825. The number of benzene rings is 1. The number of fused-ring (bicyclic) bond motifs is 1. The van der Waals surface area contributed by atoms with Crippen LogP contribution in [0.2, 0.25) is 5.02 Å². The van der Waals surface area contributed by atoms with E-state index in [1.54, 1.807) is 10.6 Å². The molecule has 2 N–H and O–H groups in total. The van der Waals surface area contributed by atoms with Gasteiger partial charge < -0.3 is 10.3 Å². The molecule has 0 radical (unpaired) electrons. The summed E-state index contributed by atoms with van der Waals surface area (Å²) in [4.78, 5) is 17.9. The molecule has 20 heavy (non-hydrogen) atoms. The molecular formula is C14H12ClN3OS. The zero-order valence-electron chi connectivity index (χ0n) is 10.5. The Kier molecular flexibility index (Phi) is 3.56. The molecule has 0 spiro atoms. The van der Waals surface area contributed by atoms with Crippen LogP contribution in [0, 0.1) is 0 Å². The zero-order chi connectivity index (χ0) is 14.1. The average Bonchev–Trinajstić information content (AvgIpc) is 2.96. The molecule has 2 heterocycles. The predicted octanol–water partition coefficient (Wildman–Crippen LogP) is 2.74. The quantitative estimate of drug-likeness (QED) is 0.809. The highest BCUT2D eigenvalue weighted by Crippen LogP contribution is 2.25. The lowest BCUT2D eigenvalue weighted by atomic mass is 10.2. The number of rotatable bonds is 3. The summed E-state index contributed by atoms with van der Waals surface area (Å²) in [5.74, 6) is 0. The van der Waals surface area contributed by atoms with Gasteiger partial charge in [0.15, 0.2) is 0 Å². The van der Waals surface area contributed by atoms with Gasteiger partial charge in [-0.3, -0.25) is 4.79 Å². The molecule has 0 saturated carbocycles. The van der Waals surface area contributed by atoms with Crippen LogP contribution in [0.4, 0.5) is 0 Å². The highest BCUT2D eigenvalue weighted by molar-refractivity contribution is 7.13. The SMILES string of the molecule is NCCn1c(=O)c(-c2cccs2)nc2c(Cl)cccc21. The fourth-order valence-corrected chi connectivity index (χ4v) is 3.07. The third kappa shape index (κ3) is 2.14. The summed E-state index contributed by atoms with van der Waals surface area (Å²) in [5, 5.41) is 2.45. The lowest BCUT2D eigenvalue weighted by molar-refractivity contribution is 0.705. The molecule has 0 aliphatic rings. The van der Waals surface area contributed by atoms with E-state index in [-0.39, 0.29) is 5.56 Å². The Balaban J connectivity index is 2.40. The van der Waals surface area contributed by atoms with E-state index in [1.165, 1.54) is 11.3 Å². The normalized spacial score (nSPS) is 11.1. The Morgan fingerprint density at radius 1 is 1.30 bits per heavy atom. The van der Waals surface area contributed by atoms with Crippen molar-refractivity contribution in [3.8, 4) is 10.6 Å². The van der Waals surface area contributed by atoms with Crippen LogP contribution in [0.15, 0.2) is 40.5 Å². The first-order valence-corrected chi connectivity index (χ1v) is 7.41. The third-order valence-corrected chi connectivity index (χ3v) is 4.22. The van der Waals surface area contributed by atoms with Crippen LogP contribution in [0.25, 0.3) is 21.6 Å². The number of nitrogens with two attached hydrogens (primary N) is 1. The molecule has 3 aromatic rings. The van der Waals surface area contributed by atoms with Crippen molar-refractivity contribution in [3.63, 3.8) is 0 Å². The van der Waals surface area contributed by atoms with E-state index >= 15 is 0 Å². The van der Waals surface area contributed by atoms with E-state index in [9.17, 15) is 4.79 Å². The molecule has 0 atom stereocenters. The van der Waals surface area contributed by atoms with Crippen molar-refractivity contribution in [1.82, 2.24) is 9.55 Å². The van der Waals surface area contributed by atoms with Crippen molar-refractivity contribution in [2.24, 2.45) is 5.73 Å². The lowest BCUT2D eigenvalue weighted by Crippen LogP contribution is -2.26. The number of hydrogen-bond donors (Lipinski definition) is 1. The van der Waals surface area contributed by atoms with Gasteiger partial charge >= 0.3 is 0 Å². The lowest BCUT2D eigenvalue weighted by Gasteiger charge is -2.11. The van der Waals surface area contributed by atoms with Crippen LogP contribution in [-0.4, -0.2) is 16.1 Å². The fraction of sp³-hybridized carbons (Fsp3) is 0.143. The number of aromatic nitrogens is 2. The van der Waals surface area contributed by atoms with Crippen LogP contribution in [0.3, 0.4) is 0 Å². The molecule has 0 aliphatic heterocycles. The van der Waals surface area contributed by atoms with Gasteiger partial charge in [-0.05, 0) is 23.6 Å². The standard InChI is InChI=1S/C14H12ClN3OS/c15-9-3-1-4-10-12(9)17-13(11-5-2-8-20-11)14(19)18(10)7-6-16/h1-5,8H,6-7,16H2. The Labute approximate surface area is 124 Å². The molecule has 2 aromatic heterocycles. The van der Waals surface area contributed by atoms with E-state index in [4.69, 9.17) is 17.3 Å². The molecule has 0 unspecified atom stereocenters. The van der Waals surface area contributed by atoms with E-state index in [2.05, 4.69) is 4.98 Å². The number of para-hydroxylation sites is 1. The third-order valence-electron chi connectivity index (χ3n) is 3.03. The molecule has 0 aliphatic carbocycles. The van der Waals surface area contributed by atoms with Gasteiger partial charge in [0.2, 0.25) is 0 Å². The number of nitrogens with zero attached hydrogens (tertiary/aromatic N) is 2. The van der Waals surface area contributed by atoms with Crippen molar-refractivity contribution < 1.29 is 0 Å². The van der Waals surface area contributed by atoms with Gasteiger partial charge in [0.25, 0.3) is 5.56 Å². The second-order valence-electron chi connectivity index (χ2n) is 4.29. The number of halogens is 1. The molecular weight excluding hydrogens is 294 g/mol. The van der Waals surface area contributed by atoms with Gasteiger partial charge in [0.05, 0.1) is 15.4 Å². The maximum Gasteiger partial charge on any atom is 0.278 e. The smallest absolute Gasteiger partial charge is 0.278 e. The van der Waals surface area contributed by atoms with Crippen molar-refractivity contribution in [3.05, 3.63) is 51.1 Å². The summed E-state index contributed by atoms with van der Waals surface area (Å²) in [6, 6.07) is 9.19. The molecule has 1 aromatic carbocycles. The van der Waals surface area contributed by atoms with Gasteiger partial charge in [0.1, 0.15) is 11.2 Å². The molecule has 0 amide bonds. The number of hydrogen-bond acceptors (Lipinski definition) is 4. The minimum absolute atomic E-state index is 0.132. The first-order valence-electron chi connectivity index (χ1n) is 6.15. The second kappa shape index (κ2) is 5.36. The van der Waals surface area contributed by atoms with Gasteiger partial charge in [-0.1, -0.05) is 23.7 Å². The van der Waals surface area contributed by atoms with Crippen LogP contribution in [0.1, 0.15) is 0 Å². The first kappa shape index (κ1) is 13.3. The van der Waals surface area contributed by atoms with Crippen LogP contribution >= 0.6 is 22.9 Å². The van der Waals surface area contributed by atoms with Crippen molar-refractivity contribution in [2.75, 3.05) is 6.54 Å². The zero-order valence-corrected chi connectivity index (χ0v) is 12.1. The summed E-state index contributed by atoms with van der Waals surface area (Å²) >= 11 is 7.69. The Hall–Kier alpha value is -1.69. The molecule has 0 saturated heterocycles. The minimum atomic E-state index is -0.132. The molecule has 4 nitrogen and oxygen atoms in total. The largest absolute Gasteiger partial charge is 0.329 e. The Morgan fingerprint density at radius 2 is 2.15 bits per heavy atom. The van der Waals surface area contributed by atoms with Crippen LogP contribution < -0.4 is 11.3 Å². The van der Waals surface area contributed by atoms with E-state index in [0.29, 0.717) is 34.8 Å². The molecule has 102 valence electrons. The predicted molar refractivity (Wildman–Crippen MR) is 83.4 cm³/mol. The Morgan fingerprint density at radius 3 is 2.85 bits per heavy atom. The highest BCUT2D eigenvalue weighted by atomic mass is 35.5. The number of thiophene rings is 1. The summed E-state index contributed by atoms with van der Waals surface area (Å²) in [5.41, 5.74) is 7.26. The van der Waals surface area contributed by atoms with Gasteiger partial charge in [-0.15, -0.1) is 11.3 Å². The van der Waals surface area contributed by atoms with Gasteiger partial charge in [0, 0.05) is 13.1 Å². The molecule has 3 rings (SSSR count). The Bertz CT molecular complexity index is 811. The van der Waals surface area contributed by atoms with Gasteiger partial charge in [-0.25, -0.2) is 4.98 Å². The highest BCUT2D eigenvalue weighted by Gasteiger charge is 2.14. The van der Waals surface area contributed by atoms with Gasteiger partial charge in [-0.2, -0.15) is 0 Å². The minimum Gasteiger partial charge on any atom is -0.329 e. The molecule has 6 heteroatoms. The van der Waals surface area contributed by atoms with E-state index < -0.39 is 0 Å². The maximum absolute atomic E-state index is 12.6. The summed E-state index contributed by atoms with van der Waals surface area (Å²) in [6.07, 6.45) is 0. The average molecular weight is 306 g/mol. The van der Waals surface area contributed by atoms with E-state index in [1.807, 2.05) is 29.6 Å².